The first-order chi connectivity index (χ1) is 9.47. The largest absolute Gasteiger partial charge is 0.491 e. The number of piperidine rings is 1. The number of imide groups is 1. The molecule has 0 N–H and O–H groups in total. The number of nitrogens with zero attached hydrogens (tertiary/aromatic N) is 1. The molecule has 0 aliphatic carbocycles. The zero-order valence-corrected chi connectivity index (χ0v) is 12.4. The Balaban J connectivity index is 1.94. The smallest absolute Gasteiger partial charge is 0.229 e. The van der Waals surface area contributed by atoms with E-state index in [1.54, 1.807) is 24.3 Å². The first kappa shape index (κ1) is 14.9. The highest BCUT2D eigenvalue weighted by Gasteiger charge is 2.33. The molecule has 0 bridgehead atoms. The van der Waals surface area contributed by atoms with E-state index in [0.29, 0.717) is 23.6 Å². The molecule has 1 aliphatic heterocycles. The normalized spacial score (nSPS) is 18.2. The first-order valence-electron chi connectivity index (χ1n) is 6.70. The topological polar surface area (TPSA) is 46.6 Å². The molecule has 1 aromatic carbocycles. The van der Waals surface area contributed by atoms with Crippen molar-refractivity contribution in [3.05, 3.63) is 29.3 Å². The summed E-state index contributed by atoms with van der Waals surface area (Å²) in [4.78, 5) is 25.2. The Labute approximate surface area is 123 Å². The van der Waals surface area contributed by atoms with E-state index in [2.05, 4.69) is 0 Å². The molecule has 5 heteroatoms. The van der Waals surface area contributed by atoms with Gasteiger partial charge in [0.1, 0.15) is 12.4 Å². The van der Waals surface area contributed by atoms with Crippen molar-refractivity contribution < 1.29 is 14.3 Å². The van der Waals surface area contributed by atoms with Gasteiger partial charge in [0.25, 0.3) is 0 Å². The number of amides is 2. The molecule has 1 saturated heterocycles. The van der Waals surface area contributed by atoms with E-state index in [1.807, 2.05) is 13.8 Å². The molecular weight excluding hydrogens is 278 g/mol. The minimum atomic E-state index is -0.266. The molecule has 4 nitrogen and oxygen atoms in total. The minimum Gasteiger partial charge on any atom is -0.491 e. The summed E-state index contributed by atoms with van der Waals surface area (Å²) < 4.78 is 5.59. The molecule has 0 saturated carbocycles. The van der Waals surface area contributed by atoms with Gasteiger partial charge in [0, 0.05) is 17.9 Å². The fraction of sp³-hybridized carbons (Fsp3) is 0.467. The third kappa shape index (κ3) is 3.51. The van der Waals surface area contributed by atoms with Gasteiger partial charge in [0.05, 0.1) is 6.04 Å². The molecule has 1 fully saturated rings. The molecule has 1 aliphatic rings. The van der Waals surface area contributed by atoms with Gasteiger partial charge in [0.2, 0.25) is 11.8 Å². The summed E-state index contributed by atoms with van der Waals surface area (Å²) in [7, 11) is 0. The van der Waals surface area contributed by atoms with Crippen LogP contribution in [-0.2, 0) is 9.59 Å². The number of ether oxygens (including phenoxy) is 1. The lowest BCUT2D eigenvalue weighted by atomic mass is 9.97. The van der Waals surface area contributed by atoms with Gasteiger partial charge in [-0.05, 0) is 37.1 Å². The quantitative estimate of drug-likeness (QED) is 0.803. The highest BCUT2D eigenvalue weighted by Crippen LogP contribution is 2.22. The third-order valence-corrected chi connectivity index (χ3v) is 3.58. The second kappa shape index (κ2) is 6.27. The van der Waals surface area contributed by atoms with Crippen LogP contribution in [0.15, 0.2) is 24.3 Å². The highest BCUT2D eigenvalue weighted by atomic mass is 35.5. The van der Waals surface area contributed by atoms with Gasteiger partial charge in [-0.25, -0.2) is 0 Å². The van der Waals surface area contributed by atoms with E-state index < -0.39 is 0 Å². The lowest BCUT2D eigenvalue weighted by molar-refractivity contribution is -0.153. The maximum atomic E-state index is 11.9. The average Bonchev–Trinajstić information content (AvgIpc) is 2.37. The van der Waals surface area contributed by atoms with Crippen molar-refractivity contribution in [2.24, 2.45) is 5.92 Å². The number of halogens is 1. The van der Waals surface area contributed by atoms with Gasteiger partial charge in [-0.1, -0.05) is 18.5 Å². The molecule has 108 valence electrons. The van der Waals surface area contributed by atoms with Crippen LogP contribution in [0.4, 0.5) is 0 Å². The van der Waals surface area contributed by atoms with Crippen molar-refractivity contribution in [1.82, 2.24) is 4.90 Å². The second-order valence-electron chi connectivity index (χ2n) is 5.28. The molecular formula is C15H18ClNO3. The minimum absolute atomic E-state index is 0.110. The Bertz CT molecular complexity index is 482. The van der Waals surface area contributed by atoms with E-state index in [1.165, 1.54) is 4.90 Å². The Morgan fingerprint density at radius 2 is 1.80 bits per heavy atom. The molecule has 1 atom stereocenters. The van der Waals surface area contributed by atoms with Gasteiger partial charge in [-0.2, -0.15) is 0 Å². The van der Waals surface area contributed by atoms with Crippen molar-refractivity contribution in [3.63, 3.8) is 0 Å². The van der Waals surface area contributed by atoms with Gasteiger partial charge in [-0.15, -0.1) is 0 Å². The van der Waals surface area contributed by atoms with Crippen molar-refractivity contribution in [2.45, 2.75) is 32.7 Å². The van der Waals surface area contributed by atoms with Crippen molar-refractivity contribution in [2.75, 3.05) is 6.61 Å². The van der Waals surface area contributed by atoms with Crippen molar-refractivity contribution in [3.8, 4) is 5.75 Å². The average molecular weight is 296 g/mol. The molecule has 0 spiro atoms. The van der Waals surface area contributed by atoms with Crippen LogP contribution >= 0.6 is 11.6 Å². The predicted molar refractivity (Wildman–Crippen MR) is 76.7 cm³/mol. The van der Waals surface area contributed by atoms with Crippen LogP contribution in [0.5, 0.6) is 5.75 Å². The van der Waals surface area contributed by atoms with E-state index in [-0.39, 0.29) is 30.4 Å². The van der Waals surface area contributed by atoms with Crippen LogP contribution in [0.25, 0.3) is 0 Å². The van der Waals surface area contributed by atoms with Gasteiger partial charge >= 0.3 is 0 Å². The van der Waals surface area contributed by atoms with Crippen LogP contribution in [0.3, 0.4) is 0 Å². The number of hydrogen-bond donors (Lipinski definition) is 0. The lowest BCUT2D eigenvalue weighted by Crippen LogP contribution is -2.49. The van der Waals surface area contributed by atoms with Gasteiger partial charge in [-0.3, -0.25) is 14.5 Å². The third-order valence-electron chi connectivity index (χ3n) is 3.33. The molecule has 1 aromatic rings. The molecule has 0 radical (unpaired) electrons. The summed E-state index contributed by atoms with van der Waals surface area (Å²) >= 11 is 5.79. The molecule has 2 rings (SSSR count). The number of hydrogen-bond acceptors (Lipinski definition) is 3. The van der Waals surface area contributed by atoms with Gasteiger partial charge < -0.3 is 4.74 Å². The predicted octanol–water partition coefficient (Wildman–Crippen LogP) is 2.89. The van der Waals surface area contributed by atoms with E-state index in [9.17, 15) is 9.59 Å². The summed E-state index contributed by atoms with van der Waals surface area (Å²) in [5.41, 5.74) is 0. The molecule has 0 aromatic heterocycles. The van der Waals surface area contributed by atoms with Crippen LogP contribution < -0.4 is 4.74 Å². The monoisotopic (exact) mass is 295 g/mol. The summed E-state index contributed by atoms with van der Waals surface area (Å²) in [6.45, 7) is 4.03. The van der Waals surface area contributed by atoms with Crippen LogP contribution in [0.1, 0.15) is 26.7 Å². The van der Waals surface area contributed by atoms with Gasteiger partial charge in [0.15, 0.2) is 0 Å². The Morgan fingerprint density at radius 3 is 2.35 bits per heavy atom. The second-order valence-corrected chi connectivity index (χ2v) is 5.72. The first-order valence-corrected chi connectivity index (χ1v) is 7.08. The number of likely N-dealkylation sites (tertiary alicyclic amines) is 1. The fourth-order valence-corrected chi connectivity index (χ4v) is 2.44. The van der Waals surface area contributed by atoms with E-state index in [0.717, 1.165) is 0 Å². The Kier molecular flexibility index (Phi) is 4.65. The fourth-order valence-electron chi connectivity index (χ4n) is 2.32. The highest BCUT2D eigenvalue weighted by molar-refractivity contribution is 6.30. The summed E-state index contributed by atoms with van der Waals surface area (Å²) in [6.07, 6.45) is 0.855. The van der Waals surface area contributed by atoms with Crippen LogP contribution in [0, 0.1) is 5.92 Å². The number of benzene rings is 1. The summed E-state index contributed by atoms with van der Waals surface area (Å²) in [6, 6.07) is 6.73. The molecule has 2 amide bonds. The van der Waals surface area contributed by atoms with E-state index >= 15 is 0 Å². The van der Waals surface area contributed by atoms with Crippen molar-refractivity contribution in [1.29, 1.82) is 0 Å². The van der Waals surface area contributed by atoms with Crippen LogP contribution in [-0.4, -0.2) is 29.4 Å². The molecule has 1 heterocycles. The number of rotatable bonds is 4. The summed E-state index contributed by atoms with van der Waals surface area (Å²) in [5.74, 6) is 0.587. The van der Waals surface area contributed by atoms with Crippen molar-refractivity contribution >= 4 is 23.4 Å². The standard InChI is InChI=1S/C15H18ClNO3/c1-10-7-14(18)17(15(19)8-10)11(2)9-20-13-5-3-12(16)4-6-13/h3-6,10-11H,7-9H2,1-2H3/t11-/m1/s1. The van der Waals surface area contributed by atoms with Crippen LogP contribution in [0.2, 0.25) is 5.02 Å². The number of carbonyl (C=O) groups is 2. The Morgan fingerprint density at radius 1 is 1.25 bits per heavy atom. The zero-order valence-electron chi connectivity index (χ0n) is 11.6. The lowest BCUT2D eigenvalue weighted by Gasteiger charge is -2.32. The number of carbonyl (C=O) groups excluding carboxylic acids is 2. The zero-order chi connectivity index (χ0) is 14.7. The Hall–Kier alpha value is -1.55. The maximum absolute atomic E-state index is 11.9. The SMILES string of the molecule is CC1CC(=O)N([C@H](C)COc2ccc(Cl)cc2)C(=O)C1. The van der Waals surface area contributed by atoms with E-state index in [4.69, 9.17) is 16.3 Å². The maximum Gasteiger partial charge on any atom is 0.229 e. The molecule has 0 unspecified atom stereocenters. The molecule has 20 heavy (non-hydrogen) atoms. The summed E-state index contributed by atoms with van der Waals surface area (Å²) in [5, 5.41) is 0.640.